The molecule has 1 N–H and O–H groups in total. The van der Waals surface area contributed by atoms with Gasteiger partial charge in [0.25, 0.3) is 0 Å². The van der Waals surface area contributed by atoms with Crippen LogP contribution in [0.1, 0.15) is 0 Å². The highest BCUT2D eigenvalue weighted by molar-refractivity contribution is 9.10. The number of aromatic nitrogens is 2. The molecular formula is C8H4BrClN2O. The van der Waals surface area contributed by atoms with Gasteiger partial charge in [0.1, 0.15) is 0 Å². The largest absolute Gasteiger partial charge is 0.346 e. The Morgan fingerprint density at radius 1 is 1.46 bits per heavy atom. The van der Waals surface area contributed by atoms with Gasteiger partial charge in [0, 0.05) is 5.39 Å². The van der Waals surface area contributed by atoms with Crippen molar-refractivity contribution in [2.24, 2.45) is 0 Å². The zero-order valence-corrected chi connectivity index (χ0v) is 8.69. The molecule has 0 aliphatic carbocycles. The molecule has 0 radical (unpaired) electrons. The highest BCUT2D eigenvalue weighted by Gasteiger charge is 2.04. The zero-order chi connectivity index (χ0) is 9.42. The number of nitrogens with zero attached hydrogens (tertiary/aromatic N) is 1. The average molecular weight is 259 g/mol. The number of hydrogen-bond donors (Lipinski definition) is 1. The van der Waals surface area contributed by atoms with Crippen LogP contribution in [-0.2, 0) is 0 Å². The van der Waals surface area contributed by atoms with E-state index in [9.17, 15) is 4.79 Å². The predicted octanol–water partition coefficient (Wildman–Crippen LogP) is 2.34. The van der Waals surface area contributed by atoms with Crippen LogP contribution in [0.25, 0.3) is 10.9 Å². The molecule has 13 heavy (non-hydrogen) atoms. The van der Waals surface area contributed by atoms with Crippen molar-refractivity contribution in [2.75, 3.05) is 0 Å². The summed E-state index contributed by atoms with van der Waals surface area (Å²) in [6.45, 7) is 0. The van der Waals surface area contributed by atoms with E-state index in [1.165, 1.54) is 0 Å². The smallest absolute Gasteiger partial charge is 0.299 e. The third-order valence-corrected chi connectivity index (χ3v) is 2.58. The van der Waals surface area contributed by atoms with Crippen LogP contribution in [-0.4, -0.2) is 9.97 Å². The molecule has 66 valence electrons. The molecule has 1 aromatic heterocycles. The highest BCUT2D eigenvalue weighted by atomic mass is 79.9. The van der Waals surface area contributed by atoms with Gasteiger partial charge in [0.05, 0.1) is 15.1 Å². The Morgan fingerprint density at radius 2 is 2.23 bits per heavy atom. The van der Waals surface area contributed by atoms with Crippen molar-refractivity contribution in [1.29, 1.82) is 0 Å². The van der Waals surface area contributed by atoms with E-state index in [0.717, 1.165) is 5.39 Å². The van der Waals surface area contributed by atoms with E-state index in [1.807, 2.05) is 6.07 Å². The fraction of sp³-hybridized carbons (Fsp3) is 0. The van der Waals surface area contributed by atoms with Gasteiger partial charge in [-0.05, 0) is 22.0 Å². The quantitative estimate of drug-likeness (QED) is 0.738. The molecule has 0 saturated heterocycles. The number of fused-ring (bicyclic) bond motifs is 1. The third-order valence-electron chi connectivity index (χ3n) is 1.65. The van der Waals surface area contributed by atoms with Gasteiger partial charge in [-0.2, -0.15) is 4.98 Å². The number of aromatic amines is 1. The Hall–Kier alpha value is -0.870. The number of nitrogens with one attached hydrogen (secondary N) is 1. The second-order valence-electron chi connectivity index (χ2n) is 2.49. The molecule has 0 aliphatic heterocycles. The maximum Gasteiger partial charge on any atom is 0.346 e. The SMILES string of the molecule is O=c1nc2c(Cl)cccc2c(Br)[nH]1. The van der Waals surface area contributed by atoms with E-state index in [0.29, 0.717) is 15.1 Å². The third kappa shape index (κ3) is 1.47. The standard InChI is InChI=1S/C8H4BrClN2O/c9-7-4-2-1-3-5(10)6(4)11-8(13)12-7/h1-3H,(H,11,12,13). The lowest BCUT2D eigenvalue weighted by atomic mass is 10.2. The summed E-state index contributed by atoms with van der Waals surface area (Å²) in [4.78, 5) is 17.3. The van der Waals surface area contributed by atoms with Crippen molar-refractivity contribution in [3.8, 4) is 0 Å². The first-order valence-electron chi connectivity index (χ1n) is 3.52. The Morgan fingerprint density at radius 3 is 3.00 bits per heavy atom. The summed E-state index contributed by atoms with van der Waals surface area (Å²) >= 11 is 9.09. The van der Waals surface area contributed by atoms with Gasteiger partial charge in [0.2, 0.25) is 0 Å². The molecule has 5 heteroatoms. The van der Waals surface area contributed by atoms with Gasteiger partial charge in [-0.1, -0.05) is 23.7 Å². The van der Waals surface area contributed by atoms with Crippen LogP contribution in [0.15, 0.2) is 27.6 Å². The van der Waals surface area contributed by atoms with Crippen molar-refractivity contribution < 1.29 is 0 Å². The number of rotatable bonds is 0. The van der Waals surface area contributed by atoms with E-state index in [2.05, 4.69) is 25.9 Å². The molecule has 0 amide bonds. The van der Waals surface area contributed by atoms with Crippen LogP contribution >= 0.6 is 27.5 Å². The molecule has 0 bridgehead atoms. The number of H-pyrrole nitrogens is 1. The Balaban J connectivity index is 3.03. The molecule has 0 spiro atoms. The first kappa shape index (κ1) is 8.72. The molecule has 0 atom stereocenters. The lowest BCUT2D eigenvalue weighted by Gasteiger charge is -1.99. The van der Waals surface area contributed by atoms with Crippen LogP contribution in [0.4, 0.5) is 0 Å². The van der Waals surface area contributed by atoms with E-state index in [4.69, 9.17) is 11.6 Å². The van der Waals surface area contributed by atoms with Gasteiger partial charge < -0.3 is 0 Å². The number of para-hydroxylation sites is 1. The van der Waals surface area contributed by atoms with Crippen molar-refractivity contribution in [1.82, 2.24) is 9.97 Å². The van der Waals surface area contributed by atoms with Gasteiger partial charge in [-0.15, -0.1) is 0 Å². The maximum absolute atomic E-state index is 11.0. The van der Waals surface area contributed by atoms with E-state index in [1.54, 1.807) is 12.1 Å². The lowest BCUT2D eigenvalue weighted by Crippen LogP contribution is -2.10. The van der Waals surface area contributed by atoms with Crippen LogP contribution < -0.4 is 5.69 Å². The summed E-state index contributed by atoms with van der Waals surface area (Å²) in [5.74, 6) is 0. The fourth-order valence-electron chi connectivity index (χ4n) is 1.10. The lowest BCUT2D eigenvalue weighted by molar-refractivity contribution is 1.10. The Bertz CT molecular complexity index is 523. The second kappa shape index (κ2) is 3.12. The number of hydrogen-bond acceptors (Lipinski definition) is 2. The normalized spacial score (nSPS) is 10.6. The minimum absolute atomic E-state index is 0.410. The molecule has 1 heterocycles. The highest BCUT2D eigenvalue weighted by Crippen LogP contribution is 2.24. The van der Waals surface area contributed by atoms with Gasteiger partial charge in [0.15, 0.2) is 0 Å². The van der Waals surface area contributed by atoms with Gasteiger partial charge >= 0.3 is 5.69 Å². The summed E-state index contributed by atoms with van der Waals surface area (Å²) in [7, 11) is 0. The summed E-state index contributed by atoms with van der Waals surface area (Å²) in [6.07, 6.45) is 0. The molecule has 0 fully saturated rings. The molecule has 3 nitrogen and oxygen atoms in total. The van der Waals surface area contributed by atoms with E-state index in [-0.39, 0.29) is 0 Å². The molecule has 0 saturated carbocycles. The van der Waals surface area contributed by atoms with Crippen LogP contribution in [0.2, 0.25) is 5.02 Å². The Kier molecular flexibility index (Phi) is 2.09. The minimum atomic E-state index is -0.410. The Labute approximate surface area is 86.9 Å². The molecule has 0 unspecified atom stereocenters. The van der Waals surface area contributed by atoms with E-state index >= 15 is 0 Å². The zero-order valence-electron chi connectivity index (χ0n) is 6.34. The number of halogens is 2. The van der Waals surface area contributed by atoms with Crippen molar-refractivity contribution >= 4 is 38.4 Å². The number of benzene rings is 1. The predicted molar refractivity (Wildman–Crippen MR) is 55.1 cm³/mol. The summed E-state index contributed by atoms with van der Waals surface area (Å²) in [5, 5.41) is 1.27. The van der Waals surface area contributed by atoms with Crippen molar-refractivity contribution in [3.05, 3.63) is 38.3 Å². The minimum Gasteiger partial charge on any atom is -0.299 e. The first-order valence-corrected chi connectivity index (χ1v) is 4.69. The first-order chi connectivity index (χ1) is 6.18. The maximum atomic E-state index is 11.0. The van der Waals surface area contributed by atoms with Crippen LogP contribution in [0.5, 0.6) is 0 Å². The summed E-state index contributed by atoms with van der Waals surface area (Å²) in [5.41, 5.74) is 0.104. The summed E-state index contributed by atoms with van der Waals surface area (Å²) < 4.78 is 0.602. The molecule has 0 aliphatic rings. The van der Waals surface area contributed by atoms with Crippen LogP contribution in [0, 0.1) is 0 Å². The topological polar surface area (TPSA) is 45.8 Å². The molecule has 1 aromatic carbocycles. The summed E-state index contributed by atoms with van der Waals surface area (Å²) in [6, 6.07) is 5.33. The molecule has 2 rings (SSSR count). The second-order valence-corrected chi connectivity index (χ2v) is 3.69. The van der Waals surface area contributed by atoms with Gasteiger partial charge in [-0.25, -0.2) is 4.79 Å². The fourth-order valence-corrected chi connectivity index (χ4v) is 1.80. The van der Waals surface area contributed by atoms with Crippen molar-refractivity contribution in [3.63, 3.8) is 0 Å². The monoisotopic (exact) mass is 258 g/mol. The van der Waals surface area contributed by atoms with Crippen molar-refractivity contribution in [2.45, 2.75) is 0 Å². The average Bonchev–Trinajstić information content (AvgIpc) is 2.07. The molecule has 2 aromatic rings. The van der Waals surface area contributed by atoms with Crippen LogP contribution in [0.3, 0.4) is 0 Å². The van der Waals surface area contributed by atoms with Gasteiger partial charge in [-0.3, -0.25) is 4.98 Å². The molecular weight excluding hydrogens is 255 g/mol. The van der Waals surface area contributed by atoms with E-state index < -0.39 is 5.69 Å².